The summed E-state index contributed by atoms with van der Waals surface area (Å²) in [7, 11) is 2.17. The van der Waals surface area contributed by atoms with E-state index in [0.29, 0.717) is 11.9 Å². The molecule has 0 spiro atoms. The zero-order valence-corrected chi connectivity index (χ0v) is 11.7. The molecule has 0 aliphatic carbocycles. The molecule has 2 heterocycles. The van der Waals surface area contributed by atoms with Crippen LogP contribution >= 0.6 is 0 Å². The van der Waals surface area contributed by atoms with E-state index in [1.807, 2.05) is 18.2 Å². The van der Waals surface area contributed by atoms with Gasteiger partial charge in [0.1, 0.15) is 11.6 Å². The topological polar surface area (TPSA) is 45.4 Å². The highest BCUT2D eigenvalue weighted by atomic mass is 15.3. The Hall–Kier alpha value is -2.07. The lowest BCUT2D eigenvalue weighted by Crippen LogP contribution is -2.47. The monoisotopic (exact) mass is 268 g/mol. The predicted octanol–water partition coefficient (Wildman–Crippen LogP) is 2.16. The predicted molar refractivity (Wildman–Crippen MR) is 82.7 cm³/mol. The van der Waals surface area contributed by atoms with E-state index in [1.165, 1.54) is 5.56 Å². The average molecular weight is 268 g/mol. The van der Waals surface area contributed by atoms with Gasteiger partial charge in [0.15, 0.2) is 0 Å². The molecule has 0 amide bonds. The van der Waals surface area contributed by atoms with Crippen LogP contribution in [0.1, 0.15) is 11.6 Å². The van der Waals surface area contributed by atoms with Gasteiger partial charge in [0.2, 0.25) is 0 Å². The molecular formula is C16H20N4. The Balaban J connectivity index is 1.95. The minimum atomic E-state index is 0.323. The van der Waals surface area contributed by atoms with Gasteiger partial charge >= 0.3 is 0 Å². The summed E-state index contributed by atoms with van der Waals surface area (Å²) in [5.74, 6) is 1.54. The molecule has 1 atom stereocenters. The van der Waals surface area contributed by atoms with E-state index < -0.39 is 0 Å². The molecule has 1 aromatic carbocycles. The number of nitrogens with zero attached hydrogens (tertiary/aromatic N) is 3. The van der Waals surface area contributed by atoms with Crippen molar-refractivity contribution in [3.63, 3.8) is 0 Å². The number of piperazine rings is 1. The van der Waals surface area contributed by atoms with E-state index in [-0.39, 0.29) is 0 Å². The maximum atomic E-state index is 5.83. The summed E-state index contributed by atoms with van der Waals surface area (Å²) in [5.41, 5.74) is 7.15. The highest BCUT2D eigenvalue weighted by Crippen LogP contribution is 2.29. The second-order valence-electron chi connectivity index (χ2n) is 5.30. The minimum Gasteiger partial charge on any atom is -0.384 e. The van der Waals surface area contributed by atoms with Crippen LogP contribution in [0.4, 0.5) is 11.6 Å². The van der Waals surface area contributed by atoms with Gasteiger partial charge in [-0.25, -0.2) is 4.98 Å². The molecule has 1 aliphatic heterocycles. The molecule has 2 aromatic rings. The normalized spacial score (nSPS) is 20.1. The van der Waals surface area contributed by atoms with Crippen LogP contribution in [-0.4, -0.2) is 36.6 Å². The lowest BCUT2D eigenvalue weighted by atomic mass is 10.0. The van der Waals surface area contributed by atoms with Gasteiger partial charge in [-0.1, -0.05) is 36.4 Å². The van der Waals surface area contributed by atoms with Crippen molar-refractivity contribution in [1.29, 1.82) is 0 Å². The number of likely N-dealkylation sites (N-methyl/N-ethyl adjacent to an activating group) is 1. The number of hydrogen-bond donors (Lipinski definition) is 1. The molecule has 1 aromatic heterocycles. The van der Waals surface area contributed by atoms with E-state index >= 15 is 0 Å². The average Bonchev–Trinajstić information content (AvgIpc) is 2.48. The van der Waals surface area contributed by atoms with Gasteiger partial charge in [-0.15, -0.1) is 0 Å². The van der Waals surface area contributed by atoms with Crippen LogP contribution in [0, 0.1) is 0 Å². The lowest BCUT2D eigenvalue weighted by molar-refractivity contribution is 0.268. The number of nitrogens with two attached hydrogens (primary N) is 1. The molecule has 104 valence electrons. The zero-order valence-electron chi connectivity index (χ0n) is 11.7. The van der Waals surface area contributed by atoms with Crippen molar-refractivity contribution in [3.05, 3.63) is 54.1 Å². The Labute approximate surface area is 119 Å². The summed E-state index contributed by atoms with van der Waals surface area (Å²) in [6.07, 6.45) is 0. The maximum Gasteiger partial charge on any atom is 0.131 e. The van der Waals surface area contributed by atoms with Crippen LogP contribution in [0.2, 0.25) is 0 Å². The number of rotatable bonds is 2. The van der Waals surface area contributed by atoms with E-state index in [4.69, 9.17) is 5.73 Å². The van der Waals surface area contributed by atoms with E-state index in [9.17, 15) is 0 Å². The molecule has 3 rings (SSSR count). The van der Waals surface area contributed by atoms with Crippen LogP contribution in [0.25, 0.3) is 0 Å². The standard InChI is InChI=1S/C16H20N4/c1-19-10-11-20(16-9-5-8-15(17)18-16)14(12-19)13-6-3-2-4-7-13/h2-9,14H,10-12H2,1H3,(H2,17,18). The molecule has 2 N–H and O–H groups in total. The minimum absolute atomic E-state index is 0.323. The van der Waals surface area contributed by atoms with E-state index in [2.05, 4.69) is 52.2 Å². The molecule has 0 radical (unpaired) electrons. The van der Waals surface area contributed by atoms with Gasteiger partial charge in [-0.05, 0) is 24.7 Å². The molecular weight excluding hydrogens is 248 g/mol. The first-order valence-corrected chi connectivity index (χ1v) is 6.97. The summed E-state index contributed by atoms with van der Waals surface area (Å²) in [4.78, 5) is 9.20. The number of anilines is 2. The first kappa shape index (κ1) is 12.9. The summed E-state index contributed by atoms with van der Waals surface area (Å²) in [6.45, 7) is 3.01. The fraction of sp³-hybridized carbons (Fsp3) is 0.312. The molecule has 1 unspecified atom stereocenters. The second kappa shape index (κ2) is 5.51. The summed E-state index contributed by atoms with van der Waals surface area (Å²) in [6, 6.07) is 16.8. The SMILES string of the molecule is CN1CCN(c2cccc(N)n2)C(c2ccccc2)C1. The molecule has 4 heteroatoms. The van der Waals surface area contributed by atoms with Gasteiger partial charge in [-0.2, -0.15) is 0 Å². The van der Waals surface area contributed by atoms with E-state index in [1.54, 1.807) is 0 Å². The molecule has 0 saturated carbocycles. The van der Waals surface area contributed by atoms with Crippen molar-refractivity contribution in [2.45, 2.75) is 6.04 Å². The smallest absolute Gasteiger partial charge is 0.131 e. The summed E-state index contributed by atoms with van der Waals surface area (Å²) in [5, 5.41) is 0. The molecule has 0 bridgehead atoms. The van der Waals surface area contributed by atoms with Crippen LogP contribution < -0.4 is 10.6 Å². The third-order valence-electron chi connectivity index (χ3n) is 3.82. The van der Waals surface area contributed by atoms with Crippen molar-refractivity contribution in [3.8, 4) is 0 Å². The third-order valence-corrected chi connectivity index (χ3v) is 3.82. The molecule has 4 nitrogen and oxygen atoms in total. The van der Waals surface area contributed by atoms with Crippen molar-refractivity contribution in [2.75, 3.05) is 37.3 Å². The third kappa shape index (κ3) is 2.60. The van der Waals surface area contributed by atoms with Crippen LogP contribution in [0.15, 0.2) is 48.5 Å². The van der Waals surface area contributed by atoms with Crippen LogP contribution in [0.3, 0.4) is 0 Å². The fourth-order valence-corrected chi connectivity index (χ4v) is 2.75. The first-order chi connectivity index (χ1) is 9.74. The Morgan fingerprint density at radius 2 is 1.85 bits per heavy atom. The van der Waals surface area contributed by atoms with Crippen molar-refractivity contribution < 1.29 is 0 Å². The molecule has 20 heavy (non-hydrogen) atoms. The zero-order chi connectivity index (χ0) is 13.9. The first-order valence-electron chi connectivity index (χ1n) is 6.97. The highest BCUT2D eigenvalue weighted by molar-refractivity contribution is 5.48. The number of hydrogen-bond acceptors (Lipinski definition) is 4. The van der Waals surface area contributed by atoms with Gasteiger partial charge < -0.3 is 15.5 Å². The highest BCUT2D eigenvalue weighted by Gasteiger charge is 2.27. The fourth-order valence-electron chi connectivity index (χ4n) is 2.75. The van der Waals surface area contributed by atoms with Crippen LogP contribution in [-0.2, 0) is 0 Å². The Kier molecular flexibility index (Phi) is 3.56. The summed E-state index contributed by atoms with van der Waals surface area (Å²) >= 11 is 0. The van der Waals surface area contributed by atoms with Gasteiger partial charge in [0.05, 0.1) is 6.04 Å². The van der Waals surface area contributed by atoms with Gasteiger partial charge in [0, 0.05) is 19.6 Å². The van der Waals surface area contributed by atoms with Crippen molar-refractivity contribution >= 4 is 11.6 Å². The molecule has 1 aliphatic rings. The Morgan fingerprint density at radius 1 is 1.05 bits per heavy atom. The number of pyridine rings is 1. The lowest BCUT2D eigenvalue weighted by Gasteiger charge is -2.41. The molecule has 1 fully saturated rings. The maximum absolute atomic E-state index is 5.83. The van der Waals surface area contributed by atoms with E-state index in [0.717, 1.165) is 25.5 Å². The number of benzene rings is 1. The Morgan fingerprint density at radius 3 is 2.60 bits per heavy atom. The van der Waals surface area contributed by atoms with Crippen LogP contribution in [0.5, 0.6) is 0 Å². The van der Waals surface area contributed by atoms with Gasteiger partial charge in [0.25, 0.3) is 0 Å². The summed E-state index contributed by atoms with van der Waals surface area (Å²) < 4.78 is 0. The largest absolute Gasteiger partial charge is 0.384 e. The van der Waals surface area contributed by atoms with Gasteiger partial charge in [-0.3, -0.25) is 0 Å². The quantitative estimate of drug-likeness (QED) is 0.906. The number of nitrogen functional groups attached to an aromatic ring is 1. The van der Waals surface area contributed by atoms with Crippen molar-refractivity contribution in [2.24, 2.45) is 0 Å². The Bertz CT molecular complexity index is 570. The second-order valence-corrected chi connectivity index (χ2v) is 5.30. The van der Waals surface area contributed by atoms with Crippen molar-refractivity contribution in [1.82, 2.24) is 9.88 Å². The molecule has 1 saturated heterocycles. The number of aromatic nitrogens is 1.